The Hall–Kier alpha value is -5.76. The molecule has 0 bridgehead atoms. The van der Waals surface area contributed by atoms with Gasteiger partial charge in [-0.1, -0.05) is 72.8 Å². The van der Waals surface area contributed by atoms with E-state index in [0.717, 1.165) is 11.1 Å². The van der Waals surface area contributed by atoms with Crippen LogP contribution in [0.2, 0.25) is 0 Å². The molecular weight excluding hydrogens is 520 g/mol. The van der Waals surface area contributed by atoms with E-state index >= 15 is 0 Å². The van der Waals surface area contributed by atoms with E-state index in [4.69, 9.17) is 0 Å². The summed E-state index contributed by atoms with van der Waals surface area (Å²) in [6.45, 7) is 0. The fourth-order valence-electron chi connectivity index (χ4n) is 4.03. The molecule has 0 spiro atoms. The average molecular weight is 547 g/mol. The van der Waals surface area contributed by atoms with Crippen molar-refractivity contribution in [3.05, 3.63) is 143 Å². The third-order valence-electron chi connectivity index (χ3n) is 6.01. The van der Waals surface area contributed by atoms with Gasteiger partial charge in [0.1, 0.15) is 0 Å². The van der Waals surface area contributed by atoms with E-state index in [1.807, 2.05) is 60.7 Å². The molecule has 0 fully saturated rings. The van der Waals surface area contributed by atoms with Crippen LogP contribution in [-0.2, 0) is 16.0 Å². The van der Waals surface area contributed by atoms with E-state index in [1.54, 1.807) is 24.3 Å². The maximum absolute atomic E-state index is 12.4. The summed E-state index contributed by atoms with van der Waals surface area (Å²) in [6.07, 6.45) is 6.11. The molecule has 4 aromatic carbocycles. The molecule has 0 aliphatic carbocycles. The second-order valence-electron chi connectivity index (χ2n) is 9.01. The lowest BCUT2D eigenvalue weighted by Gasteiger charge is -2.12. The van der Waals surface area contributed by atoms with E-state index in [-0.39, 0.29) is 28.9 Å². The van der Waals surface area contributed by atoms with E-state index < -0.39 is 23.8 Å². The minimum Gasteiger partial charge on any atom is -0.478 e. The van der Waals surface area contributed by atoms with Crippen LogP contribution >= 0.6 is 0 Å². The Morgan fingerprint density at radius 1 is 0.561 bits per heavy atom. The Labute approximate surface area is 236 Å². The van der Waals surface area contributed by atoms with Crippen molar-refractivity contribution in [3.63, 3.8) is 0 Å². The number of benzene rings is 4. The van der Waals surface area contributed by atoms with Crippen molar-refractivity contribution in [1.82, 2.24) is 0 Å². The number of carboxylic acids is 2. The summed E-state index contributed by atoms with van der Waals surface area (Å²) in [7, 11) is 0. The number of carbonyl (C=O) groups excluding carboxylic acids is 2. The molecule has 4 N–H and O–H groups in total. The van der Waals surface area contributed by atoms with Crippen molar-refractivity contribution in [1.29, 1.82) is 0 Å². The molecule has 0 aliphatic rings. The third-order valence-corrected chi connectivity index (χ3v) is 6.01. The van der Waals surface area contributed by atoms with Crippen LogP contribution in [-0.4, -0.2) is 34.0 Å². The predicted molar refractivity (Wildman–Crippen MR) is 158 cm³/mol. The first-order valence-corrected chi connectivity index (χ1v) is 12.6. The van der Waals surface area contributed by atoms with Crippen LogP contribution in [0.15, 0.2) is 109 Å². The normalized spacial score (nSPS) is 10.9. The van der Waals surface area contributed by atoms with Gasteiger partial charge in [-0.25, -0.2) is 9.59 Å². The van der Waals surface area contributed by atoms with Crippen molar-refractivity contribution in [2.24, 2.45) is 0 Å². The summed E-state index contributed by atoms with van der Waals surface area (Å²) in [6, 6.07) is 27.6. The summed E-state index contributed by atoms with van der Waals surface area (Å²) in [5, 5.41) is 24.7. The van der Waals surface area contributed by atoms with E-state index in [1.165, 1.54) is 36.4 Å². The summed E-state index contributed by atoms with van der Waals surface area (Å²) in [5.41, 5.74) is 2.91. The van der Waals surface area contributed by atoms with Gasteiger partial charge in [0.2, 0.25) is 11.8 Å². The van der Waals surface area contributed by atoms with E-state index in [0.29, 0.717) is 11.1 Å². The van der Waals surface area contributed by atoms with Crippen LogP contribution in [0, 0.1) is 0 Å². The van der Waals surface area contributed by atoms with Gasteiger partial charge in [-0.05, 0) is 65.1 Å². The summed E-state index contributed by atoms with van der Waals surface area (Å²) < 4.78 is 0. The lowest BCUT2D eigenvalue weighted by molar-refractivity contribution is -0.112. The molecule has 4 rings (SSSR count). The number of amides is 2. The third kappa shape index (κ3) is 8.11. The molecule has 0 saturated carbocycles. The Bertz CT molecular complexity index is 1520. The molecule has 0 heterocycles. The molecular formula is C33H26N2O6. The largest absolute Gasteiger partial charge is 0.478 e. The first-order chi connectivity index (χ1) is 19.8. The lowest BCUT2D eigenvalue weighted by atomic mass is 9.99. The van der Waals surface area contributed by atoms with Gasteiger partial charge in [0.15, 0.2) is 0 Å². The topological polar surface area (TPSA) is 133 Å². The number of nitrogens with one attached hydrogen (secondary N) is 2. The predicted octanol–water partition coefficient (Wildman–Crippen LogP) is 5.98. The minimum absolute atomic E-state index is 0.100. The fraction of sp³-hybridized carbons (Fsp3) is 0.0303. The maximum Gasteiger partial charge on any atom is 0.337 e. The molecule has 41 heavy (non-hydrogen) atoms. The maximum atomic E-state index is 12.4. The van der Waals surface area contributed by atoms with Gasteiger partial charge in [-0.3, -0.25) is 9.59 Å². The molecule has 0 aromatic heterocycles. The van der Waals surface area contributed by atoms with Gasteiger partial charge in [-0.15, -0.1) is 0 Å². The molecule has 0 atom stereocenters. The van der Waals surface area contributed by atoms with E-state index in [9.17, 15) is 29.4 Å². The van der Waals surface area contributed by atoms with Gasteiger partial charge >= 0.3 is 11.9 Å². The zero-order chi connectivity index (χ0) is 29.2. The Morgan fingerprint density at radius 3 is 1.32 bits per heavy atom. The number of carboxylic acid groups (broad SMARTS) is 2. The van der Waals surface area contributed by atoms with Crippen molar-refractivity contribution in [2.45, 2.75) is 6.42 Å². The van der Waals surface area contributed by atoms with Crippen LogP contribution in [0.4, 0.5) is 11.4 Å². The lowest BCUT2D eigenvalue weighted by Crippen LogP contribution is -2.13. The van der Waals surface area contributed by atoms with Crippen LogP contribution in [0.1, 0.15) is 43.0 Å². The SMILES string of the molecule is O=C(C=Cc1ccccc1)Nc1ccc(Cc2ccc(NC(=O)C=Cc3ccccc3)c(C(=O)O)c2)cc1C(=O)O. The van der Waals surface area contributed by atoms with Gasteiger partial charge in [-0.2, -0.15) is 0 Å². The number of hydrogen-bond donors (Lipinski definition) is 4. The molecule has 0 unspecified atom stereocenters. The smallest absolute Gasteiger partial charge is 0.337 e. The van der Waals surface area contributed by atoms with E-state index in [2.05, 4.69) is 10.6 Å². The van der Waals surface area contributed by atoms with Crippen LogP contribution in [0.25, 0.3) is 12.2 Å². The standard InChI is InChI=1S/C33H26N2O6/c36-30(17-13-22-7-3-1-4-8-22)34-28-15-11-24(20-26(28)32(38)39)19-25-12-16-29(27(21-25)33(40)41)35-31(37)18-14-23-9-5-2-6-10-23/h1-18,20-21H,19H2,(H,34,36)(H,35,37)(H,38,39)(H,40,41). The number of carbonyl (C=O) groups is 4. The highest BCUT2D eigenvalue weighted by Gasteiger charge is 2.16. The fourth-order valence-corrected chi connectivity index (χ4v) is 4.03. The van der Waals surface area contributed by atoms with Gasteiger partial charge in [0.05, 0.1) is 22.5 Å². The molecule has 0 saturated heterocycles. The first kappa shape index (κ1) is 28.3. The van der Waals surface area contributed by atoms with Crippen molar-refractivity contribution < 1.29 is 29.4 Å². The number of hydrogen-bond acceptors (Lipinski definition) is 4. The van der Waals surface area contributed by atoms with Crippen molar-refractivity contribution in [3.8, 4) is 0 Å². The molecule has 8 heteroatoms. The zero-order valence-corrected chi connectivity index (χ0v) is 21.8. The number of anilines is 2. The highest BCUT2D eigenvalue weighted by atomic mass is 16.4. The van der Waals surface area contributed by atoms with Crippen LogP contribution < -0.4 is 10.6 Å². The average Bonchev–Trinajstić information content (AvgIpc) is 2.97. The summed E-state index contributed by atoms with van der Waals surface area (Å²) >= 11 is 0. The molecule has 0 aliphatic heterocycles. The first-order valence-electron chi connectivity index (χ1n) is 12.6. The zero-order valence-electron chi connectivity index (χ0n) is 21.8. The number of aromatic carboxylic acids is 2. The second-order valence-corrected chi connectivity index (χ2v) is 9.01. The quantitative estimate of drug-likeness (QED) is 0.181. The summed E-state index contributed by atoms with van der Waals surface area (Å²) in [5.74, 6) is -3.40. The van der Waals surface area contributed by atoms with Gasteiger partial charge < -0.3 is 20.8 Å². The molecule has 2 amide bonds. The Kier molecular flexibility index (Phi) is 9.20. The molecule has 8 nitrogen and oxygen atoms in total. The monoisotopic (exact) mass is 546 g/mol. The van der Waals surface area contributed by atoms with Crippen molar-refractivity contribution in [2.75, 3.05) is 10.6 Å². The highest BCUT2D eigenvalue weighted by molar-refractivity contribution is 6.07. The summed E-state index contributed by atoms with van der Waals surface area (Å²) in [4.78, 5) is 48.6. The van der Waals surface area contributed by atoms with Crippen molar-refractivity contribution >= 4 is 47.3 Å². The molecule has 0 radical (unpaired) electrons. The molecule has 204 valence electrons. The minimum atomic E-state index is -1.22. The molecule has 4 aromatic rings. The second kappa shape index (κ2) is 13.3. The van der Waals surface area contributed by atoms with Gasteiger partial charge in [0.25, 0.3) is 0 Å². The van der Waals surface area contributed by atoms with Crippen LogP contribution in [0.5, 0.6) is 0 Å². The van der Waals surface area contributed by atoms with Crippen LogP contribution in [0.3, 0.4) is 0 Å². The van der Waals surface area contributed by atoms with Gasteiger partial charge in [0, 0.05) is 12.2 Å². The number of rotatable bonds is 10. The Balaban J connectivity index is 1.47. The Morgan fingerprint density at radius 2 is 0.951 bits per heavy atom. The highest BCUT2D eigenvalue weighted by Crippen LogP contribution is 2.23.